The van der Waals surface area contributed by atoms with Crippen molar-refractivity contribution in [3.63, 3.8) is 0 Å². The highest BCUT2D eigenvalue weighted by Gasteiger charge is 2.33. The van der Waals surface area contributed by atoms with Crippen molar-refractivity contribution in [1.29, 1.82) is 0 Å². The van der Waals surface area contributed by atoms with Crippen molar-refractivity contribution in [3.8, 4) is 0 Å². The number of hydrogen-bond donors (Lipinski definition) is 1. The van der Waals surface area contributed by atoms with Gasteiger partial charge in [0.25, 0.3) is 11.6 Å². The van der Waals surface area contributed by atoms with Gasteiger partial charge in [-0.15, -0.1) is 0 Å². The summed E-state index contributed by atoms with van der Waals surface area (Å²) in [6.45, 7) is 6.26. The highest BCUT2D eigenvalue weighted by Crippen LogP contribution is 2.39. The number of pyridine rings is 1. The molecule has 3 aromatic carbocycles. The molecule has 1 heterocycles. The number of amides is 1. The van der Waals surface area contributed by atoms with Crippen LogP contribution in [0.25, 0.3) is 10.9 Å². The van der Waals surface area contributed by atoms with Crippen LogP contribution in [0.1, 0.15) is 48.8 Å². The fourth-order valence-corrected chi connectivity index (χ4v) is 5.96. The van der Waals surface area contributed by atoms with Gasteiger partial charge in [0.1, 0.15) is 0 Å². The van der Waals surface area contributed by atoms with E-state index in [1.807, 2.05) is 36.4 Å². The van der Waals surface area contributed by atoms with Crippen LogP contribution in [-0.4, -0.2) is 28.4 Å². The average molecular weight is 570 g/mol. The number of nitrogens with one attached hydrogen (secondary N) is 1. The molecule has 0 saturated carbocycles. The molecule has 5 rings (SSSR count). The summed E-state index contributed by atoms with van der Waals surface area (Å²) in [5, 5.41) is 14.4. The van der Waals surface area contributed by atoms with Crippen molar-refractivity contribution in [3.05, 3.63) is 99.7 Å². The molecule has 0 radical (unpaired) electrons. The van der Waals surface area contributed by atoms with E-state index in [9.17, 15) is 19.7 Å². The molecule has 210 valence electrons. The van der Waals surface area contributed by atoms with E-state index in [0.29, 0.717) is 17.2 Å². The maximum Gasteiger partial charge on any atom is 0.339 e. The molecule has 8 nitrogen and oxygen atoms in total. The Morgan fingerprint density at radius 3 is 2.34 bits per heavy atom. The van der Waals surface area contributed by atoms with Crippen LogP contribution in [0.15, 0.2) is 82.6 Å². The molecule has 0 spiro atoms. The van der Waals surface area contributed by atoms with E-state index >= 15 is 0 Å². The SMILES string of the molecule is CC(C)(C)C1CCc2nc3ccccc3c(C(=O)OCC(=O)Nc3ccc(Sc4ccc([N+](=O)[O-])cc4)cc3)c2C1. The summed E-state index contributed by atoms with van der Waals surface area (Å²) in [5.74, 6) is -0.539. The first-order chi connectivity index (χ1) is 19.6. The van der Waals surface area contributed by atoms with Gasteiger partial charge in [0, 0.05) is 38.7 Å². The zero-order valence-electron chi connectivity index (χ0n) is 23.2. The Bertz CT molecular complexity index is 1610. The molecule has 1 aromatic heterocycles. The Kier molecular flexibility index (Phi) is 8.08. The molecule has 1 unspecified atom stereocenters. The topological polar surface area (TPSA) is 111 Å². The number of rotatable bonds is 7. The fraction of sp³-hybridized carbons (Fsp3) is 0.281. The number of fused-ring (bicyclic) bond motifs is 2. The van der Waals surface area contributed by atoms with Gasteiger partial charge < -0.3 is 10.1 Å². The summed E-state index contributed by atoms with van der Waals surface area (Å²) in [4.78, 5) is 43.2. The molecular weight excluding hydrogens is 538 g/mol. The van der Waals surface area contributed by atoms with Crippen LogP contribution in [0.5, 0.6) is 0 Å². The van der Waals surface area contributed by atoms with Crippen LogP contribution >= 0.6 is 11.8 Å². The Balaban J connectivity index is 1.24. The van der Waals surface area contributed by atoms with Gasteiger partial charge in [-0.05, 0) is 78.6 Å². The summed E-state index contributed by atoms with van der Waals surface area (Å²) in [6, 6.07) is 21.1. The maximum absolute atomic E-state index is 13.5. The zero-order valence-corrected chi connectivity index (χ0v) is 24.0. The Labute approximate surface area is 242 Å². The Morgan fingerprint density at radius 2 is 1.68 bits per heavy atom. The van der Waals surface area contributed by atoms with Gasteiger partial charge in [-0.3, -0.25) is 19.9 Å². The minimum Gasteiger partial charge on any atom is -0.452 e. The number of carbonyl (C=O) groups is 2. The average Bonchev–Trinajstić information content (AvgIpc) is 2.95. The Hall–Kier alpha value is -4.24. The van der Waals surface area contributed by atoms with Crippen molar-refractivity contribution in [2.24, 2.45) is 11.3 Å². The number of anilines is 1. The predicted octanol–water partition coefficient (Wildman–Crippen LogP) is 7.24. The zero-order chi connectivity index (χ0) is 29.1. The first-order valence-electron chi connectivity index (χ1n) is 13.5. The van der Waals surface area contributed by atoms with Crippen LogP contribution in [0.3, 0.4) is 0 Å². The fourth-order valence-electron chi connectivity index (χ4n) is 5.14. The molecule has 4 aromatic rings. The summed E-state index contributed by atoms with van der Waals surface area (Å²) in [6.07, 6.45) is 2.57. The second-order valence-electron chi connectivity index (χ2n) is 11.2. The third-order valence-electron chi connectivity index (χ3n) is 7.44. The normalized spacial score (nSPS) is 14.8. The predicted molar refractivity (Wildman–Crippen MR) is 159 cm³/mol. The molecule has 1 aliphatic carbocycles. The van der Waals surface area contributed by atoms with Crippen molar-refractivity contribution in [2.75, 3.05) is 11.9 Å². The molecule has 1 N–H and O–H groups in total. The van der Waals surface area contributed by atoms with E-state index in [0.717, 1.165) is 51.2 Å². The molecule has 0 fully saturated rings. The van der Waals surface area contributed by atoms with E-state index in [1.54, 1.807) is 24.3 Å². The number of nitrogens with zero attached hydrogens (tertiary/aromatic N) is 2. The van der Waals surface area contributed by atoms with Crippen LogP contribution in [0.2, 0.25) is 0 Å². The molecule has 0 saturated heterocycles. The van der Waals surface area contributed by atoms with Crippen LogP contribution < -0.4 is 5.32 Å². The second-order valence-corrected chi connectivity index (χ2v) is 12.4. The number of nitro benzene ring substituents is 1. The van der Waals surface area contributed by atoms with Crippen LogP contribution in [0, 0.1) is 21.4 Å². The highest BCUT2D eigenvalue weighted by atomic mass is 32.2. The molecule has 41 heavy (non-hydrogen) atoms. The van der Waals surface area contributed by atoms with E-state index < -0.39 is 23.4 Å². The van der Waals surface area contributed by atoms with Gasteiger partial charge >= 0.3 is 5.97 Å². The number of aromatic nitrogens is 1. The highest BCUT2D eigenvalue weighted by molar-refractivity contribution is 7.99. The lowest BCUT2D eigenvalue weighted by Gasteiger charge is -2.35. The lowest BCUT2D eigenvalue weighted by Crippen LogP contribution is -2.29. The molecule has 1 amide bonds. The largest absolute Gasteiger partial charge is 0.452 e. The molecule has 0 aliphatic heterocycles. The second kappa shape index (κ2) is 11.7. The molecule has 9 heteroatoms. The van der Waals surface area contributed by atoms with E-state index in [2.05, 4.69) is 26.1 Å². The van der Waals surface area contributed by atoms with Crippen molar-refractivity contribution in [2.45, 2.75) is 49.8 Å². The molecule has 0 bridgehead atoms. The quantitative estimate of drug-likeness (QED) is 0.142. The minimum absolute atomic E-state index is 0.0409. The number of carbonyl (C=O) groups excluding carboxylic acids is 2. The first-order valence-corrected chi connectivity index (χ1v) is 14.3. The van der Waals surface area contributed by atoms with Gasteiger partial charge in [0.15, 0.2) is 6.61 Å². The number of aryl methyl sites for hydroxylation is 1. The lowest BCUT2D eigenvalue weighted by atomic mass is 9.70. The standard InChI is InChI=1S/C32H31N3O5S/c1-32(2,3)20-8-17-28-26(18-20)30(25-6-4-5-7-27(25)34-28)31(37)40-19-29(36)33-21-9-13-23(14-10-21)41-24-15-11-22(12-16-24)35(38)39/h4-7,9-16,20H,8,17-19H2,1-3H3,(H,33,36). The Morgan fingerprint density at radius 1 is 1.02 bits per heavy atom. The third-order valence-corrected chi connectivity index (χ3v) is 8.46. The third kappa shape index (κ3) is 6.57. The summed E-state index contributed by atoms with van der Waals surface area (Å²) >= 11 is 1.45. The summed E-state index contributed by atoms with van der Waals surface area (Å²) in [5.41, 5.74) is 3.84. The molecule has 1 atom stereocenters. The van der Waals surface area contributed by atoms with Gasteiger partial charge in [0.2, 0.25) is 0 Å². The van der Waals surface area contributed by atoms with E-state index in [4.69, 9.17) is 9.72 Å². The van der Waals surface area contributed by atoms with Crippen molar-refractivity contribution >= 4 is 45.9 Å². The smallest absolute Gasteiger partial charge is 0.339 e. The van der Waals surface area contributed by atoms with Gasteiger partial charge in [-0.25, -0.2) is 4.79 Å². The maximum atomic E-state index is 13.5. The van der Waals surface area contributed by atoms with E-state index in [1.165, 1.54) is 23.9 Å². The van der Waals surface area contributed by atoms with Crippen molar-refractivity contribution in [1.82, 2.24) is 4.98 Å². The van der Waals surface area contributed by atoms with Crippen LogP contribution in [-0.2, 0) is 22.4 Å². The molecular formula is C32H31N3O5S. The van der Waals surface area contributed by atoms with Gasteiger partial charge in [-0.1, -0.05) is 50.7 Å². The minimum atomic E-state index is -0.514. The number of benzene rings is 3. The monoisotopic (exact) mass is 569 g/mol. The first kappa shape index (κ1) is 28.3. The van der Waals surface area contributed by atoms with Gasteiger partial charge in [0.05, 0.1) is 16.0 Å². The number of esters is 1. The van der Waals surface area contributed by atoms with Gasteiger partial charge in [-0.2, -0.15) is 0 Å². The number of para-hydroxylation sites is 1. The van der Waals surface area contributed by atoms with E-state index in [-0.39, 0.29) is 11.1 Å². The number of ether oxygens (including phenoxy) is 1. The molecule has 1 aliphatic rings. The number of non-ortho nitro benzene ring substituents is 1. The summed E-state index contributed by atoms with van der Waals surface area (Å²) in [7, 11) is 0. The number of nitro groups is 1. The lowest BCUT2D eigenvalue weighted by molar-refractivity contribution is -0.384. The number of hydrogen-bond acceptors (Lipinski definition) is 7. The van der Waals surface area contributed by atoms with Crippen molar-refractivity contribution < 1.29 is 19.2 Å². The summed E-state index contributed by atoms with van der Waals surface area (Å²) < 4.78 is 5.56. The van der Waals surface area contributed by atoms with Crippen LogP contribution in [0.4, 0.5) is 11.4 Å².